The van der Waals surface area contributed by atoms with Gasteiger partial charge in [0.2, 0.25) is 5.92 Å². The molecule has 0 amide bonds. The Morgan fingerprint density at radius 1 is 1.21 bits per heavy atom. The molecule has 1 N–H and O–H groups in total. The average molecular weight is 480 g/mol. The van der Waals surface area contributed by atoms with Gasteiger partial charge in [-0.1, -0.05) is 18.2 Å². The number of carbonyl (C=O) groups excluding carboxylic acids is 1. The second-order valence-corrected chi connectivity index (χ2v) is 8.03. The highest BCUT2D eigenvalue weighted by molar-refractivity contribution is 5.89. The fraction of sp³-hybridized carbons (Fsp3) is 0.348. The summed E-state index contributed by atoms with van der Waals surface area (Å²) >= 11 is 0. The zero-order valence-electron chi connectivity index (χ0n) is 18.0. The number of imidazole rings is 1. The number of rotatable bonds is 7. The molecule has 1 atom stereocenters. The van der Waals surface area contributed by atoms with Gasteiger partial charge in [0.1, 0.15) is 18.0 Å². The number of carbonyl (C=O) groups is 1. The third-order valence-electron chi connectivity index (χ3n) is 5.55. The van der Waals surface area contributed by atoms with E-state index in [1.54, 1.807) is 43.3 Å². The van der Waals surface area contributed by atoms with Gasteiger partial charge in [0, 0.05) is 19.0 Å². The van der Waals surface area contributed by atoms with Gasteiger partial charge in [0.15, 0.2) is 5.69 Å². The van der Waals surface area contributed by atoms with E-state index in [-0.39, 0.29) is 25.3 Å². The molecular weight excluding hydrogens is 459 g/mol. The molecule has 0 saturated heterocycles. The minimum atomic E-state index is -4.59. The molecule has 1 aromatic carbocycles. The normalized spacial score (nSPS) is 16.5. The van der Waals surface area contributed by atoms with E-state index >= 15 is 0 Å². The number of alkyl halides is 5. The van der Waals surface area contributed by atoms with Crippen LogP contribution in [0.3, 0.4) is 0 Å². The van der Waals surface area contributed by atoms with Crippen LogP contribution in [0, 0.1) is 5.92 Å². The standard InChI is InChI=1S/C23H21F5N4O2/c1-2-34-21(33)15-8-6-14(7-9-15)20(16-10-22(24,25)11-16)31-18-4-3-5-19(30-18)32-12-17(29-13-32)23(26,27)28/h3-9,12-13,16,20H,2,10-11H2,1H3,(H,30,31). The van der Waals surface area contributed by atoms with Crippen LogP contribution in [0.1, 0.15) is 47.4 Å². The first-order valence-electron chi connectivity index (χ1n) is 10.6. The first-order chi connectivity index (χ1) is 16.1. The van der Waals surface area contributed by atoms with Gasteiger partial charge in [-0.25, -0.2) is 23.5 Å². The van der Waals surface area contributed by atoms with Crippen LogP contribution in [0.5, 0.6) is 0 Å². The first-order valence-corrected chi connectivity index (χ1v) is 10.6. The van der Waals surface area contributed by atoms with Crippen molar-refractivity contribution >= 4 is 11.8 Å². The molecule has 180 valence electrons. The number of nitrogens with zero attached hydrogens (tertiary/aromatic N) is 3. The van der Waals surface area contributed by atoms with Gasteiger partial charge in [0.25, 0.3) is 0 Å². The Balaban J connectivity index is 1.58. The zero-order valence-corrected chi connectivity index (χ0v) is 18.0. The van der Waals surface area contributed by atoms with E-state index in [0.717, 1.165) is 17.1 Å². The van der Waals surface area contributed by atoms with Gasteiger partial charge in [-0.15, -0.1) is 0 Å². The number of anilines is 1. The summed E-state index contributed by atoms with van der Waals surface area (Å²) in [5, 5.41) is 3.14. The Kier molecular flexibility index (Phi) is 6.28. The number of pyridine rings is 1. The highest BCUT2D eigenvalue weighted by Crippen LogP contribution is 2.49. The summed E-state index contributed by atoms with van der Waals surface area (Å²) in [5.74, 6) is -3.16. The summed E-state index contributed by atoms with van der Waals surface area (Å²) in [5.41, 5.74) is -0.0457. The Morgan fingerprint density at radius 3 is 2.50 bits per heavy atom. The van der Waals surface area contributed by atoms with Crippen LogP contribution in [0.2, 0.25) is 0 Å². The highest BCUT2D eigenvalue weighted by atomic mass is 19.4. The van der Waals surface area contributed by atoms with Crippen LogP contribution in [0.4, 0.5) is 27.8 Å². The Morgan fingerprint density at radius 2 is 1.91 bits per heavy atom. The number of aromatic nitrogens is 3. The summed E-state index contributed by atoms with van der Waals surface area (Å²) in [6, 6.07) is 10.6. The predicted octanol–water partition coefficient (Wildman–Crippen LogP) is 5.66. The Hall–Kier alpha value is -3.50. The summed E-state index contributed by atoms with van der Waals surface area (Å²) in [7, 11) is 0. The van der Waals surface area contributed by atoms with Crippen molar-refractivity contribution in [3.8, 4) is 5.82 Å². The zero-order chi connectivity index (χ0) is 24.5. The predicted molar refractivity (Wildman–Crippen MR) is 113 cm³/mol. The number of hydrogen-bond acceptors (Lipinski definition) is 5. The maximum absolute atomic E-state index is 13.6. The molecule has 0 bridgehead atoms. The summed E-state index contributed by atoms with van der Waals surface area (Å²) in [4.78, 5) is 19.6. The second-order valence-electron chi connectivity index (χ2n) is 8.03. The monoisotopic (exact) mass is 480 g/mol. The smallest absolute Gasteiger partial charge is 0.434 e. The quantitative estimate of drug-likeness (QED) is 0.349. The minimum Gasteiger partial charge on any atom is -0.462 e. The fourth-order valence-corrected chi connectivity index (χ4v) is 3.86. The maximum atomic E-state index is 13.6. The van der Waals surface area contributed by atoms with E-state index in [9.17, 15) is 26.7 Å². The van der Waals surface area contributed by atoms with Crippen molar-refractivity contribution in [3.05, 3.63) is 71.8 Å². The number of halogens is 5. The van der Waals surface area contributed by atoms with Crippen molar-refractivity contribution in [1.82, 2.24) is 14.5 Å². The lowest BCUT2D eigenvalue weighted by Gasteiger charge is -2.40. The van der Waals surface area contributed by atoms with Crippen molar-refractivity contribution in [1.29, 1.82) is 0 Å². The number of esters is 1. The van der Waals surface area contributed by atoms with E-state index in [1.807, 2.05) is 0 Å². The van der Waals surface area contributed by atoms with Gasteiger partial charge in [-0.2, -0.15) is 13.2 Å². The molecule has 1 saturated carbocycles. The van der Waals surface area contributed by atoms with Crippen LogP contribution >= 0.6 is 0 Å². The van der Waals surface area contributed by atoms with E-state index in [1.165, 1.54) is 6.07 Å². The van der Waals surface area contributed by atoms with Crippen LogP contribution in [0.15, 0.2) is 55.0 Å². The van der Waals surface area contributed by atoms with Crippen LogP contribution in [0.25, 0.3) is 5.82 Å². The van der Waals surface area contributed by atoms with Crippen molar-refractivity contribution in [2.45, 2.75) is 37.9 Å². The number of benzene rings is 1. The van der Waals surface area contributed by atoms with Crippen LogP contribution in [-0.4, -0.2) is 33.0 Å². The van der Waals surface area contributed by atoms with Crippen molar-refractivity contribution in [2.75, 3.05) is 11.9 Å². The maximum Gasteiger partial charge on any atom is 0.434 e. The van der Waals surface area contributed by atoms with Gasteiger partial charge < -0.3 is 10.1 Å². The largest absolute Gasteiger partial charge is 0.462 e. The molecular formula is C23H21F5N4O2. The molecule has 34 heavy (non-hydrogen) atoms. The highest BCUT2D eigenvalue weighted by Gasteiger charge is 2.49. The molecule has 0 radical (unpaired) electrons. The summed E-state index contributed by atoms with van der Waals surface area (Å²) in [6.07, 6.45) is -3.39. The lowest BCUT2D eigenvalue weighted by atomic mass is 9.74. The topological polar surface area (TPSA) is 69.0 Å². The van der Waals surface area contributed by atoms with Gasteiger partial charge in [-0.05, 0) is 42.7 Å². The number of hydrogen-bond donors (Lipinski definition) is 1. The molecule has 2 aromatic heterocycles. The number of ether oxygens (including phenoxy) is 1. The summed E-state index contributed by atoms with van der Waals surface area (Å²) in [6.45, 7) is 1.92. The molecule has 4 rings (SSSR count). The average Bonchev–Trinajstić information content (AvgIpc) is 3.27. The lowest BCUT2D eigenvalue weighted by Crippen LogP contribution is -2.41. The third kappa shape index (κ3) is 5.18. The molecule has 6 nitrogen and oxygen atoms in total. The van der Waals surface area contributed by atoms with Crippen LogP contribution in [-0.2, 0) is 10.9 Å². The Labute approximate surface area is 191 Å². The third-order valence-corrected chi connectivity index (χ3v) is 5.55. The fourth-order valence-electron chi connectivity index (χ4n) is 3.86. The molecule has 0 spiro atoms. The van der Waals surface area contributed by atoms with E-state index in [4.69, 9.17) is 4.74 Å². The molecule has 1 fully saturated rings. The van der Waals surface area contributed by atoms with Crippen LogP contribution < -0.4 is 5.32 Å². The molecule has 1 unspecified atom stereocenters. The van der Waals surface area contributed by atoms with Crippen molar-refractivity contribution < 1.29 is 31.5 Å². The Bertz CT molecular complexity index is 1150. The van der Waals surface area contributed by atoms with E-state index in [2.05, 4.69) is 15.3 Å². The van der Waals surface area contributed by atoms with Gasteiger partial charge in [-0.3, -0.25) is 4.57 Å². The molecule has 1 aliphatic rings. The summed E-state index contributed by atoms with van der Waals surface area (Å²) < 4.78 is 72.0. The van der Waals surface area contributed by atoms with E-state index in [0.29, 0.717) is 16.9 Å². The molecule has 2 heterocycles. The molecule has 1 aliphatic carbocycles. The molecule has 0 aliphatic heterocycles. The molecule has 11 heteroatoms. The first kappa shape index (κ1) is 23.7. The number of nitrogens with one attached hydrogen (secondary N) is 1. The van der Waals surface area contributed by atoms with Gasteiger partial charge >= 0.3 is 12.1 Å². The minimum absolute atomic E-state index is 0.184. The van der Waals surface area contributed by atoms with Crippen molar-refractivity contribution in [3.63, 3.8) is 0 Å². The molecule has 3 aromatic rings. The SMILES string of the molecule is CCOC(=O)c1ccc(C(Nc2cccc(-n3cnc(C(F)(F)F)c3)n2)C2CC(F)(F)C2)cc1. The van der Waals surface area contributed by atoms with Gasteiger partial charge in [0.05, 0.1) is 18.2 Å². The van der Waals surface area contributed by atoms with E-state index < -0.39 is 35.7 Å². The second kappa shape index (κ2) is 9.03. The lowest BCUT2D eigenvalue weighted by molar-refractivity contribution is -0.140. The van der Waals surface area contributed by atoms with Crippen molar-refractivity contribution in [2.24, 2.45) is 5.92 Å².